The summed E-state index contributed by atoms with van der Waals surface area (Å²) in [5.41, 5.74) is 0.394. The number of anilines is 1. The fourth-order valence-corrected chi connectivity index (χ4v) is 1.53. The van der Waals surface area contributed by atoms with Crippen LogP contribution < -0.4 is 10.2 Å². The van der Waals surface area contributed by atoms with Gasteiger partial charge in [0.05, 0.1) is 6.42 Å². The van der Waals surface area contributed by atoms with Crippen molar-refractivity contribution >= 4 is 5.82 Å². The summed E-state index contributed by atoms with van der Waals surface area (Å²) < 4.78 is 50.4. The molecule has 0 saturated carbocycles. The quantitative estimate of drug-likeness (QED) is 0.812. The SMILES string of the molecule is CCNCc1ccnc(N(C)CCC(F)(F)F)c1F. The molecule has 0 aliphatic heterocycles. The maximum Gasteiger partial charge on any atom is 0.390 e. The summed E-state index contributed by atoms with van der Waals surface area (Å²) in [7, 11) is 1.40. The summed E-state index contributed by atoms with van der Waals surface area (Å²) in [4.78, 5) is 4.98. The minimum atomic E-state index is -4.26. The Kier molecular flexibility index (Phi) is 5.53. The third-order valence-corrected chi connectivity index (χ3v) is 2.61. The van der Waals surface area contributed by atoms with E-state index >= 15 is 0 Å². The fourth-order valence-electron chi connectivity index (χ4n) is 1.53. The lowest BCUT2D eigenvalue weighted by Crippen LogP contribution is -2.26. The van der Waals surface area contributed by atoms with E-state index in [9.17, 15) is 17.6 Å². The van der Waals surface area contributed by atoms with Crippen molar-refractivity contribution in [2.24, 2.45) is 0 Å². The van der Waals surface area contributed by atoms with Crippen molar-refractivity contribution in [1.29, 1.82) is 0 Å². The van der Waals surface area contributed by atoms with Crippen LogP contribution in [0.1, 0.15) is 18.9 Å². The molecule has 0 aromatic carbocycles. The number of halogens is 4. The van der Waals surface area contributed by atoms with E-state index in [4.69, 9.17) is 0 Å². The van der Waals surface area contributed by atoms with Gasteiger partial charge in [-0.1, -0.05) is 6.92 Å². The summed E-state index contributed by atoms with van der Waals surface area (Å²) in [6.45, 7) is 2.57. The Morgan fingerprint density at radius 2 is 2.05 bits per heavy atom. The van der Waals surface area contributed by atoms with Crippen LogP contribution in [0, 0.1) is 5.82 Å². The third-order valence-electron chi connectivity index (χ3n) is 2.61. The van der Waals surface area contributed by atoms with E-state index in [2.05, 4.69) is 10.3 Å². The molecule has 0 atom stereocenters. The van der Waals surface area contributed by atoms with Gasteiger partial charge in [0.25, 0.3) is 0 Å². The largest absolute Gasteiger partial charge is 0.390 e. The Morgan fingerprint density at radius 1 is 1.37 bits per heavy atom. The monoisotopic (exact) mass is 279 g/mol. The number of nitrogens with zero attached hydrogens (tertiary/aromatic N) is 2. The van der Waals surface area contributed by atoms with Crippen molar-refractivity contribution < 1.29 is 17.6 Å². The second-order valence-corrected chi connectivity index (χ2v) is 4.17. The number of aromatic nitrogens is 1. The van der Waals surface area contributed by atoms with Crippen LogP contribution in [-0.4, -0.2) is 31.3 Å². The molecule has 1 N–H and O–H groups in total. The minimum absolute atomic E-state index is 0.0559. The van der Waals surface area contributed by atoms with Gasteiger partial charge in [-0.05, 0) is 12.6 Å². The lowest BCUT2D eigenvalue weighted by molar-refractivity contribution is -0.132. The number of hydrogen-bond donors (Lipinski definition) is 1. The lowest BCUT2D eigenvalue weighted by atomic mass is 10.2. The molecule has 1 aromatic rings. The van der Waals surface area contributed by atoms with E-state index < -0.39 is 18.4 Å². The molecule has 1 rings (SSSR count). The van der Waals surface area contributed by atoms with E-state index in [0.717, 1.165) is 0 Å². The Hall–Kier alpha value is -1.37. The summed E-state index contributed by atoms with van der Waals surface area (Å²) in [6.07, 6.45) is -3.86. The molecule has 1 heterocycles. The third kappa shape index (κ3) is 5.02. The second-order valence-electron chi connectivity index (χ2n) is 4.17. The van der Waals surface area contributed by atoms with Gasteiger partial charge < -0.3 is 10.2 Å². The Balaban J connectivity index is 2.76. The van der Waals surface area contributed by atoms with Gasteiger partial charge >= 0.3 is 6.18 Å². The molecule has 0 aliphatic carbocycles. The molecule has 108 valence electrons. The first-order chi connectivity index (χ1) is 8.85. The normalized spacial score (nSPS) is 11.7. The van der Waals surface area contributed by atoms with Gasteiger partial charge in [0.2, 0.25) is 0 Å². The van der Waals surface area contributed by atoms with Gasteiger partial charge in [0.15, 0.2) is 11.6 Å². The molecule has 0 amide bonds. The predicted molar refractivity (Wildman–Crippen MR) is 65.5 cm³/mol. The minimum Gasteiger partial charge on any atom is -0.357 e. The van der Waals surface area contributed by atoms with Crippen molar-refractivity contribution in [1.82, 2.24) is 10.3 Å². The van der Waals surface area contributed by atoms with Crippen LogP contribution in [0.25, 0.3) is 0 Å². The number of pyridine rings is 1. The smallest absolute Gasteiger partial charge is 0.357 e. The first-order valence-corrected chi connectivity index (χ1v) is 5.97. The Bertz CT molecular complexity index is 406. The van der Waals surface area contributed by atoms with Crippen molar-refractivity contribution in [3.8, 4) is 0 Å². The van der Waals surface area contributed by atoms with Gasteiger partial charge in [-0.2, -0.15) is 13.2 Å². The van der Waals surface area contributed by atoms with Crippen molar-refractivity contribution in [2.75, 3.05) is 25.0 Å². The lowest BCUT2D eigenvalue weighted by Gasteiger charge is -2.20. The highest BCUT2D eigenvalue weighted by Gasteiger charge is 2.28. The average molecular weight is 279 g/mol. The molecule has 3 nitrogen and oxygen atoms in total. The fraction of sp³-hybridized carbons (Fsp3) is 0.583. The van der Waals surface area contributed by atoms with Crippen LogP contribution >= 0.6 is 0 Å². The molecule has 0 unspecified atom stereocenters. The summed E-state index contributed by atoms with van der Waals surface area (Å²) >= 11 is 0. The molecular weight excluding hydrogens is 262 g/mol. The number of alkyl halides is 3. The number of nitrogens with one attached hydrogen (secondary N) is 1. The maximum absolute atomic E-state index is 14.0. The van der Waals surface area contributed by atoms with Gasteiger partial charge in [-0.3, -0.25) is 0 Å². The van der Waals surface area contributed by atoms with Crippen LogP contribution in [0.5, 0.6) is 0 Å². The zero-order chi connectivity index (χ0) is 14.5. The molecular formula is C12H17F4N3. The van der Waals surface area contributed by atoms with Crippen LogP contribution in [0.3, 0.4) is 0 Å². The second kappa shape index (κ2) is 6.70. The topological polar surface area (TPSA) is 28.2 Å². The highest BCUT2D eigenvalue weighted by atomic mass is 19.4. The van der Waals surface area contributed by atoms with E-state index in [0.29, 0.717) is 18.7 Å². The first-order valence-electron chi connectivity index (χ1n) is 5.97. The molecule has 1 aromatic heterocycles. The first kappa shape index (κ1) is 15.7. The average Bonchev–Trinajstić information content (AvgIpc) is 2.34. The summed E-state index contributed by atoms with van der Waals surface area (Å²) in [5, 5.41) is 2.96. The number of hydrogen-bond acceptors (Lipinski definition) is 3. The van der Waals surface area contributed by atoms with E-state index in [1.54, 1.807) is 0 Å². The van der Waals surface area contributed by atoms with Crippen molar-refractivity contribution in [3.63, 3.8) is 0 Å². The highest BCUT2D eigenvalue weighted by Crippen LogP contribution is 2.23. The summed E-state index contributed by atoms with van der Waals surface area (Å²) in [6, 6.07) is 1.51. The Morgan fingerprint density at radius 3 is 2.63 bits per heavy atom. The van der Waals surface area contributed by atoms with E-state index in [1.807, 2.05) is 6.92 Å². The Labute approximate surface area is 109 Å². The van der Waals surface area contributed by atoms with Crippen molar-refractivity contribution in [2.45, 2.75) is 26.1 Å². The van der Waals surface area contributed by atoms with E-state index in [1.165, 1.54) is 24.2 Å². The van der Waals surface area contributed by atoms with Crippen LogP contribution in [-0.2, 0) is 6.54 Å². The molecule has 0 radical (unpaired) electrons. The highest BCUT2D eigenvalue weighted by molar-refractivity contribution is 5.42. The van der Waals surface area contributed by atoms with Gasteiger partial charge in [0, 0.05) is 31.9 Å². The molecule has 0 spiro atoms. The molecule has 19 heavy (non-hydrogen) atoms. The summed E-state index contributed by atoms with van der Waals surface area (Å²) in [5.74, 6) is -0.632. The van der Waals surface area contributed by atoms with Gasteiger partial charge in [0.1, 0.15) is 0 Å². The molecule has 0 saturated heterocycles. The molecule has 7 heteroatoms. The zero-order valence-corrected chi connectivity index (χ0v) is 10.9. The zero-order valence-electron chi connectivity index (χ0n) is 10.9. The van der Waals surface area contributed by atoms with Gasteiger partial charge in [-0.15, -0.1) is 0 Å². The molecule has 0 aliphatic rings. The number of rotatable bonds is 6. The van der Waals surface area contributed by atoms with Crippen molar-refractivity contribution in [3.05, 3.63) is 23.6 Å². The van der Waals surface area contributed by atoms with Crippen LogP contribution in [0.4, 0.5) is 23.4 Å². The van der Waals surface area contributed by atoms with E-state index in [-0.39, 0.29) is 12.4 Å². The predicted octanol–water partition coefficient (Wildman–Crippen LogP) is 2.72. The van der Waals surface area contributed by atoms with Crippen LogP contribution in [0.15, 0.2) is 12.3 Å². The molecule has 0 bridgehead atoms. The maximum atomic E-state index is 14.0. The molecule has 0 fully saturated rings. The van der Waals surface area contributed by atoms with Crippen LogP contribution in [0.2, 0.25) is 0 Å². The standard InChI is InChI=1S/C12H17F4N3/c1-3-17-8-9-4-6-18-11(10(9)13)19(2)7-5-12(14,15)16/h4,6,17H,3,5,7-8H2,1-2H3. The van der Waals surface area contributed by atoms with Gasteiger partial charge in [-0.25, -0.2) is 9.37 Å².